The van der Waals surface area contributed by atoms with E-state index in [0.717, 1.165) is 23.4 Å². The number of hydrogen-bond donors (Lipinski definition) is 2. The van der Waals surface area contributed by atoms with E-state index in [2.05, 4.69) is 5.32 Å². The van der Waals surface area contributed by atoms with Crippen molar-refractivity contribution in [1.29, 1.82) is 0 Å². The highest BCUT2D eigenvalue weighted by molar-refractivity contribution is 7.10. The molecule has 3 rings (SSSR count). The van der Waals surface area contributed by atoms with Crippen LogP contribution >= 0.6 is 11.3 Å². The molecule has 138 valence electrons. The minimum Gasteiger partial charge on any atom is -0.481 e. The van der Waals surface area contributed by atoms with E-state index in [4.69, 9.17) is 0 Å². The fourth-order valence-electron chi connectivity index (χ4n) is 3.34. The standard InChI is InChI=1S/C20H24N2O3S/c1-14-6-8-15(9-7-14)19(17-5-3-11-26-17)21-18(23)13-22-10-2-4-16(12-22)20(24)25/h3,5-9,11,16,19H,2,4,10,12-13H2,1H3,(H,21,23)(H,24,25). The SMILES string of the molecule is Cc1ccc(C(NC(=O)CN2CCCC(C(=O)O)C2)c2cccs2)cc1. The molecule has 0 aliphatic carbocycles. The van der Waals surface area contributed by atoms with Gasteiger partial charge in [0, 0.05) is 11.4 Å². The summed E-state index contributed by atoms with van der Waals surface area (Å²) >= 11 is 1.62. The summed E-state index contributed by atoms with van der Waals surface area (Å²) in [5.41, 5.74) is 2.23. The molecule has 0 bridgehead atoms. The van der Waals surface area contributed by atoms with Crippen molar-refractivity contribution in [2.45, 2.75) is 25.8 Å². The number of carboxylic acid groups (broad SMARTS) is 1. The number of aliphatic carboxylic acids is 1. The first-order chi connectivity index (χ1) is 12.5. The van der Waals surface area contributed by atoms with Crippen molar-refractivity contribution in [3.8, 4) is 0 Å². The Labute approximate surface area is 157 Å². The molecule has 2 N–H and O–H groups in total. The second-order valence-corrected chi connectivity index (χ2v) is 7.82. The smallest absolute Gasteiger partial charge is 0.307 e. The number of carboxylic acids is 1. The highest BCUT2D eigenvalue weighted by Crippen LogP contribution is 2.26. The van der Waals surface area contributed by atoms with E-state index in [1.165, 1.54) is 5.56 Å². The Morgan fingerprint density at radius 2 is 2.08 bits per heavy atom. The highest BCUT2D eigenvalue weighted by Gasteiger charge is 2.27. The molecular weight excluding hydrogens is 348 g/mol. The zero-order valence-corrected chi connectivity index (χ0v) is 15.7. The summed E-state index contributed by atoms with van der Waals surface area (Å²) < 4.78 is 0. The maximum atomic E-state index is 12.6. The first kappa shape index (κ1) is 18.6. The number of carbonyl (C=O) groups is 2. The molecule has 1 aliphatic rings. The lowest BCUT2D eigenvalue weighted by Crippen LogP contribution is -2.45. The van der Waals surface area contributed by atoms with Crippen LogP contribution in [0, 0.1) is 12.8 Å². The number of hydrogen-bond acceptors (Lipinski definition) is 4. The van der Waals surface area contributed by atoms with Crippen molar-refractivity contribution in [2.24, 2.45) is 5.92 Å². The van der Waals surface area contributed by atoms with Gasteiger partial charge >= 0.3 is 5.97 Å². The van der Waals surface area contributed by atoms with Gasteiger partial charge in [-0.15, -0.1) is 11.3 Å². The molecule has 2 atom stereocenters. The monoisotopic (exact) mass is 372 g/mol. The Morgan fingerprint density at radius 1 is 1.31 bits per heavy atom. The van der Waals surface area contributed by atoms with E-state index in [1.54, 1.807) is 11.3 Å². The molecular formula is C20H24N2O3S. The third kappa shape index (κ3) is 4.71. The first-order valence-corrected chi connectivity index (χ1v) is 9.75. The third-order valence-electron chi connectivity index (χ3n) is 4.77. The van der Waals surface area contributed by atoms with Crippen molar-refractivity contribution >= 4 is 23.2 Å². The summed E-state index contributed by atoms with van der Waals surface area (Å²) in [6.07, 6.45) is 1.51. The van der Waals surface area contributed by atoms with E-state index >= 15 is 0 Å². The fourth-order valence-corrected chi connectivity index (χ4v) is 4.15. The Kier molecular flexibility index (Phi) is 6.06. The number of thiophene rings is 1. The van der Waals surface area contributed by atoms with E-state index < -0.39 is 5.97 Å². The van der Waals surface area contributed by atoms with E-state index in [0.29, 0.717) is 13.0 Å². The molecule has 2 aromatic rings. The fraction of sp³-hybridized carbons (Fsp3) is 0.400. The summed E-state index contributed by atoms with van der Waals surface area (Å²) in [7, 11) is 0. The van der Waals surface area contributed by atoms with Gasteiger partial charge in [0.15, 0.2) is 0 Å². The molecule has 2 heterocycles. The van der Waals surface area contributed by atoms with Gasteiger partial charge in [0.25, 0.3) is 0 Å². The van der Waals surface area contributed by atoms with Crippen molar-refractivity contribution < 1.29 is 14.7 Å². The number of amides is 1. The average Bonchev–Trinajstić information content (AvgIpc) is 3.15. The molecule has 26 heavy (non-hydrogen) atoms. The summed E-state index contributed by atoms with van der Waals surface area (Å²) in [6, 6.07) is 12.0. The molecule has 1 aromatic carbocycles. The van der Waals surface area contributed by atoms with Gasteiger partial charge in [-0.25, -0.2) is 0 Å². The number of piperidine rings is 1. The first-order valence-electron chi connectivity index (χ1n) is 8.87. The molecule has 1 fully saturated rings. The van der Waals surface area contributed by atoms with Crippen LogP contribution in [-0.2, 0) is 9.59 Å². The number of benzene rings is 1. The maximum Gasteiger partial charge on any atom is 0.307 e. The lowest BCUT2D eigenvalue weighted by Gasteiger charge is -2.30. The predicted octanol–water partition coefficient (Wildman–Crippen LogP) is 3.06. The van der Waals surface area contributed by atoms with Crippen LogP contribution in [0.1, 0.15) is 34.9 Å². The van der Waals surface area contributed by atoms with E-state index in [1.807, 2.05) is 53.6 Å². The van der Waals surface area contributed by atoms with Gasteiger partial charge < -0.3 is 10.4 Å². The zero-order chi connectivity index (χ0) is 18.5. The van der Waals surface area contributed by atoms with Crippen LogP contribution in [0.4, 0.5) is 0 Å². The minimum absolute atomic E-state index is 0.0741. The number of nitrogens with zero attached hydrogens (tertiary/aromatic N) is 1. The zero-order valence-electron chi connectivity index (χ0n) is 14.9. The Balaban J connectivity index is 1.68. The van der Waals surface area contributed by atoms with Gasteiger partial charge in [0.2, 0.25) is 5.91 Å². The highest BCUT2D eigenvalue weighted by atomic mass is 32.1. The van der Waals surface area contributed by atoms with Crippen LogP contribution in [0.15, 0.2) is 41.8 Å². The molecule has 0 radical (unpaired) electrons. The number of carbonyl (C=O) groups excluding carboxylic acids is 1. The summed E-state index contributed by atoms with van der Waals surface area (Å²) in [5.74, 6) is -1.22. The molecule has 2 unspecified atom stereocenters. The maximum absolute atomic E-state index is 12.6. The molecule has 6 heteroatoms. The van der Waals surface area contributed by atoms with Gasteiger partial charge in [-0.2, -0.15) is 0 Å². The number of aryl methyl sites for hydroxylation is 1. The number of likely N-dealkylation sites (tertiary alicyclic amines) is 1. The molecule has 1 saturated heterocycles. The van der Waals surface area contributed by atoms with Crippen LogP contribution in [0.5, 0.6) is 0 Å². The van der Waals surface area contributed by atoms with Crippen LogP contribution < -0.4 is 5.32 Å². The van der Waals surface area contributed by atoms with Gasteiger partial charge in [0.05, 0.1) is 18.5 Å². The molecule has 0 spiro atoms. The number of nitrogens with one attached hydrogen (secondary N) is 1. The summed E-state index contributed by atoms with van der Waals surface area (Å²) in [4.78, 5) is 26.9. The quantitative estimate of drug-likeness (QED) is 0.818. The van der Waals surface area contributed by atoms with Gasteiger partial charge in [-0.3, -0.25) is 14.5 Å². The second-order valence-electron chi connectivity index (χ2n) is 6.84. The van der Waals surface area contributed by atoms with Crippen LogP contribution in [-0.4, -0.2) is 41.5 Å². The second kappa shape index (κ2) is 8.47. The third-order valence-corrected chi connectivity index (χ3v) is 5.70. The normalized spacial score (nSPS) is 19.0. The lowest BCUT2D eigenvalue weighted by molar-refractivity contribution is -0.144. The van der Waals surface area contributed by atoms with E-state index in [-0.39, 0.29) is 24.4 Å². The Bertz CT molecular complexity index is 743. The van der Waals surface area contributed by atoms with Crippen molar-refractivity contribution in [3.63, 3.8) is 0 Å². The van der Waals surface area contributed by atoms with E-state index in [9.17, 15) is 14.7 Å². The largest absolute Gasteiger partial charge is 0.481 e. The van der Waals surface area contributed by atoms with Crippen molar-refractivity contribution in [3.05, 3.63) is 57.8 Å². The topological polar surface area (TPSA) is 69.6 Å². The van der Waals surface area contributed by atoms with Crippen LogP contribution in [0.25, 0.3) is 0 Å². The van der Waals surface area contributed by atoms with Crippen LogP contribution in [0.3, 0.4) is 0 Å². The molecule has 0 saturated carbocycles. The summed E-state index contributed by atoms with van der Waals surface area (Å²) in [5, 5.41) is 14.3. The van der Waals surface area contributed by atoms with Gasteiger partial charge in [0.1, 0.15) is 0 Å². The summed E-state index contributed by atoms with van der Waals surface area (Å²) in [6.45, 7) is 3.48. The van der Waals surface area contributed by atoms with Crippen LogP contribution in [0.2, 0.25) is 0 Å². The molecule has 1 aliphatic heterocycles. The lowest BCUT2D eigenvalue weighted by atomic mass is 9.98. The van der Waals surface area contributed by atoms with Crippen molar-refractivity contribution in [2.75, 3.05) is 19.6 Å². The average molecular weight is 372 g/mol. The van der Waals surface area contributed by atoms with Gasteiger partial charge in [-0.1, -0.05) is 35.9 Å². The predicted molar refractivity (Wildman–Crippen MR) is 102 cm³/mol. The number of rotatable bonds is 6. The Hall–Kier alpha value is -2.18. The minimum atomic E-state index is -0.772. The Morgan fingerprint density at radius 3 is 2.73 bits per heavy atom. The molecule has 5 nitrogen and oxygen atoms in total. The molecule has 1 amide bonds. The molecule has 1 aromatic heterocycles. The van der Waals surface area contributed by atoms with Gasteiger partial charge in [-0.05, 0) is 43.3 Å². The van der Waals surface area contributed by atoms with Crippen molar-refractivity contribution in [1.82, 2.24) is 10.2 Å².